The number of piperidine rings is 1. The number of phenolic OH excluding ortho intramolecular Hbond substituents is 1. The molecule has 1 aromatic carbocycles. The van der Waals surface area contributed by atoms with Gasteiger partial charge in [0.2, 0.25) is 0 Å². The third-order valence-corrected chi connectivity index (χ3v) is 5.02. The van der Waals surface area contributed by atoms with Gasteiger partial charge in [-0.15, -0.1) is 0 Å². The highest BCUT2D eigenvalue weighted by Gasteiger charge is 2.52. The van der Waals surface area contributed by atoms with Gasteiger partial charge in [0, 0.05) is 32.0 Å². The molecule has 1 N–H and O–H groups in total. The smallest absolute Gasteiger partial charge is 0.115 e. The summed E-state index contributed by atoms with van der Waals surface area (Å²) in [7, 11) is 4.04. The van der Waals surface area contributed by atoms with E-state index in [0.717, 1.165) is 18.7 Å². The minimum absolute atomic E-state index is 0.205. The molecule has 0 spiro atoms. The summed E-state index contributed by atoms with van der Waals surface area (Å²) in [4.78, 5) is 2.43. The number of methoxy groups -OCH3 is 1. The maximum atomic E-state index is 9.80. The van der Waals surface area contributed by atoms with Crippen molar-refractivity contribution < 1.29 is 9.84 Å². The summed E-state index contributed by atoms with van der Waals surface area (Å²) in [5, 5.41) is 9.80. The molecule has 1 aliphatic heterocycles. The van der Waals surface area contributed by atoms with Gasteiger partial charge in [0.25, 0.3) is 0 Å². The van der Waals surface area contributed by atoms with Crippen LogP contribution in [0.2, 0.25) is 0 Å². The molecule has 3 atom stereocenters. The molecule has 2 fully saturated rings. The van der Waals surface area contributed by atoms with E-state index in [1.165, 1.54) is 19.3 Å². The molecule has 1 aliphatic carbocycles. The monoisotopic (exact) mass is 261 g/mol. The van der Waals surface area contributed by atoms with Crippen LogP contribution in [-0.4, -0.2) is 37.3 Å². The molecule has 3 heteroatoms. The first-order valence-electron chi connectivity index (χ1n) is 7.20. The van der Waals surface area contributed by atoms with Gasteiger partial charge in [-0.05, 0) is 37.6 Å². The third kappa shape index (κ3) is 1.96. The second kappa shape index (κ2) is 4.80. The summed E-state index contributed by atoms with van der Waals surface area (Å²) in [6.45, 7) is 2.17. The van der Waals surface area contributed by atoms with E-state index in [9.17, 15) is 5.11 Å². The first kappa shape index (κ1) is 12.9. The van der Waals surface area contributed by atoms with Crippen molar-refractivity contribution in [1.82, 2.24) is 4.90 Å². The van der Waals surface area contributed by atoms with Crippen molar-refractivity contribution in [2.45, 2.75) is 24.9 Å². The fourth-order valence-electron chi connectivity index (χ4n) is 4.33. The van der Waals surface area contributed by atoms with Gasteiger partial charge in [-0.1, -0.05) is 18.6 Å². The van der Waals surface area contributed by atoms with Crippen LogP contribution in [0.1, 0.15) is 24.8 Å². The molecule has 1 saturated carbocycles. The molecule has 1 heterocycles. The van der Waals surface area contributed by atoms with Crippen LogP contribution in [0, 0.1) is 11.8 Å². The van der Waals surface area contributed by atoms with Crippen LogP contribution in [0.25, 0.3) is 0 Å². The topological polar surface area (TPSA) is 32.7 Å². The molecule has 0 amide bonds. The Hall–Kier alpha value is -1.06. The molecule has 3 rings (SSSR count). The lowest BCUT2D eigenvalue weighted by molar-refractivity contribution is -0.165. The van der Waals surface area contributed by atoms with E-state index in [4.69, 9.17) is 4.74 Å². The predicted molar refractivity (Wildman–Crippen MR) is 75.1 cm³/mol. The summed E-state index contributed by atoms with van der Waals surface area (Å²) in [5.41, 5.74) is 0.946. The molecule has 1 saturated heterocycles. The summed E-state index contributed by atoms with van der Waals surface area (Å²) < 4.78 is 6.10. The maximum Gasteiger partial charge on any atom is 0.115 e. The first-order chi connectivity index (χ1) is 9.16. The summed E-state index contributed by atoms with van der Waals surface area (Å²) in [6.07, 6.45) is 3.72. The quantitative estimate of drug-likeness (QED) is 0.888. The van der Waals surface area contributed by atoms with Crippen molar-refractivity contribution in [2.24, 2.45) is 11.8 Å². The summed E-state index contributed by atoms with van der Waals surface area (Å²) in [5.74, 6) is 1.39. The molecular weight excluding hydrogens is 238 g/mol. The molecule has 2 aliphatic rings. The number of likely N-dealkylation sites (tertiary alicyclic amines) is 1. The standard InChI is InChI=1S/C16H23NO2/c1-17-10-13-6-3-7-14(11-17)16(13,19-2)12-5-4-8-15(18)9-12/h4-5,8-9,13-14,18H,3,6-7,10-11H2,1-2H3/t13-,14+,16?. The van der Waals surface area contributed by atoms with Crippen LogP contribution in [0.15, 0.2) is 24.3 Å². The Morgan fingerprint density at radius 3 is 2.53 bits per heavy atom. The van der Waals surface area contributed by atoms with Crippen molar-refractivity contribution in [3.05, 3.63) is 29.8 Å². The Morgan fingerprint density at radius 2 is 1.95 bits per heavy atom. The van der Waals surface area contributed by atoms with Crippen LogP contribution < -0.4 is 0 Å². The number of fused-ring (bicyclic) bond motifs is 2. The fourth-order valence-corrected chi connectivity index (χ4v) is 4.33. The van der Waals surface area contributed by atoms with Crippen LogP contribution in [-0.2, 0) is 10.3 Å². The normalized spacial score (nSPS) is 35.3. The minimum Gasteiger partial charge on any atom is -0.508 e. The van der Waals surface area contributed by atoms with Gasteiger partial charge in [0.15, 0.2) is 0 Å². The Labute approximate surface area is 115 Å². The number of ether oxygens (including phenoxy) is 1. The molecule has 0 radical (unpaired) electrons. The van der Waals surface area contributed by atoms with Crippen LogP contribution in [0.5, 0.6) is 5.75 Å². The number of nitrogens with zero attached hydrogens (tertiary/aromatic N) is 1. The lowest BCUT2D eigenvalue weighted by Crippen LogP contribution is -2.58. The lowest BCUT2D eigenvalue weighted by Gasteiger charge is -2.54. The van der Waals surface area contributed by atoms with E-state index < -0.39 is 0 Å². The summed E-state index contributed by atoms with van der Waals surface area (Å²) >= 11 is 0. The Morgan fingerprint density at radius 1 is 1.26 bits per heavy atom. The lowest BCUT2D eigenvalue weighted by atomic mass is 9.62. The largest absolute Gasteiger partial charge is 0.508 e. The average Bonchev–Trinajstić information content (AvgIpc) is 2.38. The second-order valence-electron chi connectivity index (χ2n) is 6.09. The van der Waals surface area contributed by atoms with E-state index in [0.29, 0.717) is 17.6 Å². The molecule has 1 unspecified atom stereocenters. The fraction of sp³-hybridized carbons (Fsp3) is 0.625. The maximum absolute atomic E-state index is 9.80. The van der Waals surface area contributed by atoms with Gasteiger partial charge >= 0.3 is 0 Å². The van der Waals surface area contributed by atoms with Gasteiger partial charge in [-0.25, -0.2) is 0 Å². The third-order valence-electron chi connectivity index (χ3n) is 5.02. The SMILES string of the molecule is COC1(c2cccc(O)c2)[C@@H]2CCC[C@H]1CN(C)C2. The van der Waals surface area contributed by atoms with Crippen molar-refractivity contribution in [3.63, 3.8) is 0 Å². The first-order valence-corrected chi connectivity index (χ1v) is 7.20. The molecular formula is C16H23NO2. The van der Waals surface area contributed by atoms with E-state index in [1.807, 2.05) is 19.2 Å². The number of aromatic hydroxyl groups is 1. The highest BCUT2D eigenvalue weighted by atomic mass is 16.5. The van der Waals surface area contributed by atoms with Gasteiger partial charge in [0.1, 0.15) is 11.4 Å². The minimum atomic E-state index is -0.205. The number of phenols is 1. The molecule has 19 heavy (non-hydrogen) atoms. The summed E-state index contributed by atoms with van der Waals surface area (Å²) in [6, 6.07) is 7.66. The van der Waals surface area contributed by atoms with Crippen LogP contribution in [0.3, 0.4) is 0 Å². The van der Waals surface area contributed by atoms with Crippen molar-refractivity contribution in [2.75, 3.05) is 27.2 Å². The van der Waals surface area contributed by atoms with Crippen molar-refractivity contribution >= 4 is 0 Å². The molecule has 104 valence electrons. The molecule has 3 nitrogen and oxygen atoms in total. The second-order valence-corrected chi connectivity index (χ2v) is 6.09. The van der Waals surface area contributed by atoms with E-state index >= 15 is 0 Å². The van der Waals surface area contributed by atoms with Crippen molar-refractivity contribution in [3.8, 4) is 5.75 Å². The predicted octanol–water partition coefficient (Wildman–Crippen LogP) is 2.60. The van der Waals surface area contributed by atoms with Crippen molar-refractivity contribution in [1.29, 1.82) is 0 Å². The Balaban J connectivity index is 2.07. The van der Waals surface area contributed by atoms with Crippen LogP contribution >= 0.6 is 0 Å². The molecule has 1 aromatic rings. The van der Waals surface area contributed by atoms with E-state index in [2.05, 4.69) is 18.0 Å². The average molecular weight is 261 g/mol. The number of rotatable bonds is 2. The molecule has 2 bridgehead atoms. The zero-order chi connectivity index (χ0) is 13.5. The van der Waals surface area contributed by atoms with Gasteiger partial charge < -0.3 is 14.7 Å². The highest BCUT2D eigenvalue weighted by molar-refractivity contribution is 5.34. The van der Waals surface area contributed by atoms with Gasteiger partial charge in [-0.2, -0.15) is 0 Å². The molecule has 0 aromatic heterocycles. The Bertz CT molecular complexity index is 446. The zero-order valence-corrected chi connectivity index (χ0v) is 11.8. The van der Waals surface area contributed by atoms with E-state index in [-0.39, 0.29) is 5.60 Å². The zero-order valence-electron chi connectivity index (χ0n) is 11.8. The highest BCUT2D eigenvalue weighted by Crippen LogP contribution is 2.51. The number of hydrogen-bond acceptors (Lipinski definition) is 3. The Kier molecular flexibility index (Phi) is 3.27. The number of benzene rings is 1. The van der Waals surface area contributed by atoms with Gasteiger partial charge in [0.05, 0.1) is 0 Å². The number of hydrogen-bond donors (Lipinski definition) is 1. The van der Waals surface area contributed by atoms with E-state index in [1.54, 1.807) is 6.07 Å². The van der Waals surface area contributed by atoms with Gasteiger partial charge in [-0.3, -0.25) is 0 Å². The van der Waals surface area contributed by atoms with Crippen LogP contribution in [0.4, 0.5) is 0 Å².